The first-order valence-corrected chi connectivity index (χ1v) is 8.87. The minimum Gasteiger partial charge on any atom is -0.495 e. The largest absolute Gasteiger partial charge is 0.495 e. The number of nitrogens with one attached hydrogen (secondary N) is 1. The van der Waals surface area contributed by atoms with Gasteiger partial charge in [0.05, 0.1) is 12.8 Å². The highest BCUT2D eigenvalue weighted by molar-refractivity contribution is 7.92. The molecule has 116 valence electrons. The number of fused-ring (bicyclic) bond motifs is 1. The molecule has 4 nitrogen and oxygen atoms in total. The Balaban J connectivity index is 1.99. The Hall–Kier alpha value is -2.01. The number of sulfonamides is 1. The van der Waals surface area contributed by atoms with Gasteiger partial charge in [-0.25, -0.2) is 8.42 Å². The molecule has 1 aliphatic rings. The standard InChI is InChI=1S/C17H19NO3S/c1-21-16-11-4-5-12-17(16)22(19,20)18-15-10-6-8-13-7-2-3-9-14(13)15/h4-6,8,10-12,18H,2-3,7,9H2,1H3. The number of methoxy groups -OCH3 is 1. The maximum absolute atomic E-state index is 12.7. The van der Waals surface area contributed by atoms with Crippen LogP contribution in [-0.4, -0.2) is 15.5 Å². The van der Waals surface area contributed by atoms with Crippen LogP contribution < -0.4 is 9.46 Å². The van der Waals surface area contributed by atoms with Crippen LogP contribution in [0.25, 0.3) is 0 Å². The minimum absolute atomic E-state index is 0.158. The van der Waals surface area contributed by atoms with Gasteiger partial charge in [0.15, 0.2) is 0 Å². The molecule has 0 saturated carbocycles. The number of hydrogen-bond donors (Lipinski definition) is 1. The van der Waals surface area contributed by atoms with Crippen LogP contribution in [-0.2, 0) is 22.9 Å². The highest BCUT2D eigenvalue weighted by Crippen LogP contribution is 2.31. The third-order valence-corrected chi connectivity index (χ3v) is 5.40. The van der Waals surface area contributed by atoms with Gasteiger partial charge in [-0.2, -0.15) is 0 Å². The van der Waals surface area contributed by atoms with Gasteiger partial charge in [0, 0.05) is 0 Å². The molecule has 5 heteroatoms. The summed E-state index contributed by atoms with van der Waals surface area (Å²) < 4.78 is 33.2. The lowest BCUT2D eigenvalue weighted by atomic mass is 9.91. The molecule has 22 heavy (non-hydrogen) atoms. The van der Waals surface area contributed by atoms with Crippen LogP contribution in [0.1, 0.15) is 24.0 Å². The predicted molar refractivity (Wildman–Crippen MR) is 86.9 cm³/mol. The molecule has 3 rings (SSSR count). The number of benzene rings is 2. The Morgan fingerprint density at radius 2 is 1.77 bits per heavy atom. The van der Waals surface area contributed by atoms with Gasteiger partial charge in [0.2, 0.25) is 0 Å². The Bertz CT molecular complexity index is 784. The normalized spacial score (nSPS) is 14.2. The van der Waals surface area contributed by atoms with Gasteiger partial charge < -0.3 is 4.74 Å². The van der Waals surface area contributed by atoms with Gasteiger partial charge in [0.25, 0.3) is 10.0 Å². The molecule has 0 unspecified atom stereocenters. The predicted octanol–water partition coefficient (Wildman–Crippen LogP) is 3.37. The monoisotopic (exact) mass is 317 g/mol. The summed E-state index contributed by atoms with van der Waals surface area (Å²) in [4.78, 5) is 0.158. The molecule has 2 aromatic carbocycles. The Labute approximate surface area is 131 Å². The molecule has 1 N–H and O–H groups in total. The molecule has 0 heterocycles. The number of aryl methyl sites for hydroxylation is 1. The van der Waals surface area contributed by atoms with Crippen molar-refractivity contribution in [1.82, 2.24) is 0 Å². The SMILES string of the molecule is COc1ccccc1S(=O)(=O)Nc1cccc2c1CCCC2. The lowest BCUT2D eigenvalue weighted by Gasteiger charge is -2.20. The zero-order chi connectivity index (χ0) is 15.6. The van der Waals surface area contributed by atoms with E-state index in [0.717, 1.165) is 31.2 Å². The van der Waals surface area contributed by atoms with E-state index in [9.17, 15) is 8.42 Å². The van der Waals surface area contributed by atoms with E-state index in [4.69, 9.17) is 4.74 Å². The zero-order valence-electron chi connectivity index (χ0n) is 12.5. The van der Waals surface area contributed by atoms with Crippen molar-refractivity contribution in [2.24, 2.45) is 0 Å². The number of ether oxygens (including phenoxy) is 1. The fraction of sp³-hybridized carbons (Fsp3) is 0.294. The maximum Gasteiger partial charge on any atom is 0.265 e. The molecule has 0 radical (unpaired) electrons. The third kappa shape index (κ3) is 2.81. The summed E-state index contributed by atoms with van der Waals surface area (Å²) in [7, 11) is -2.19. The molecule has 0 amide bonds. The molecule has 0 saturated heterocycles. The van der Waals surface area contributed by atoms with Crippen LogP contribution >= 0.6 is 0 Å². The van der Waals surface area contributed by atoms with Crippen molar-refractivity contribution >= 4 is 15.7 Å². The van der Waals surface area contributed by atoms with E-state index in [1.54, 1.807) is 24.3 Å². The van der Waals surface area contributed by atoms with E-state index in [-0.39, 0.29) is 4.90 Å². The molecular formula is C17H19NO3S. The number of rotatable bonds is 4. The highest BCUT2D eigenvalue weighted by atomic mass is 32.2. The second-order valence-electron chi connectivity index (χ2n) is 5.41. The summed E-state index contributed by atoms with van der Waals surface area (Å²) in [6.07, 6.45) is 4.19. The first kappa shape index (κ1) is 14.9. The minimum atomic E-state index is -3.66. The van der Waals surface area contributed by atoms with Crippen LogP contribution in [0.3, 0.4) is 0 Å². The van der Waals surface area contributed by atoms with E-state index >= 15 is 0 Å². The van der Waals surface area contributed by atoms with Crippen LogP contribution in [0, 0.1) is 0 Å². The highest BCUT2D eigenvalue weighted by Gasteiger charge is 2.21. The first-order valence-electron chi connectivity index (χ1n) is 7.38. The summed E-state index contributed by atoms with van der Waals surface area (Å²) in [6.45, 7) is 0. The van der Waals surface area contributed by atoms with Crippen LogP contribution in [0.2, 0.25) is 0 Å². The van der Waals surface area contributed by atoms with Gasteiger partial charge in [-0.1, -0.05) is 24.3 Å². The topological polar surface area (TPSA) is 55.4 Å². The third-order valence-electron chi connectivity index (χ3n) is 4.00. The quantitative estimate of drug-likeness (QED) is 0.940. The average Bonchev–Trinajstić information content (AvgIpc) is 2.55. The zero-order valence-corrected chi connectivity index (χ0v) is 13.3. The van der Waals surface area contributed by atoms with Crippen molar-refractivity contribution in [2.75, 3.05) is 11.8 Å². The molecular weight excluding hydrogens is 298 g/mol. The molecule has 0 fully saturated rings. The van der Waals surface area contributed by atoms with E-state index in [2.05, 4.69) is 10.8 Å². The van der Waals surface area contributed by atoms with Gasteiger partial charge in [-0.15, -0.1) is 0 Å². The van der Waals surface area contributed by atoms with Gasteiger partial charge in [0.1, 0.15) is 10.6 Å². The molecule has 0 spiro atoms. The fourth-order valence-electron chi connectivity index (χ4n) is 2.92. The van der Waals surface area contributed by atoms with Gasteiger partial charge >= 0.3 is 0 Å². The van der Waals surface area contributed by atoms with Crippen molar-refractivity contribution in [3.8, 4) is 5.75 Å². The Morgan fingerprint density at radius 3 is 2.59 bits per heavy atom. The number of hydrogen-bond acceptors (Lipinski definition) is 3. The van der Waals surface area contributed by atoms with Crippen molar-refractivity contribution in [2.45, 2.75) is 30.6 Å². The number of para-hydroxylation sites is 1. The summed E-state index contributed by atoms with van der Waals surface area (Å²) in [5.74, 6) is 0.347. The lowest BCUT2D eigenvalue weighted by molar-refractivity contribution is 0.403. The van der Waals surface area contributed by atoms with Crippen molar-refractivity contribution in [1.29, 1.82) is 0 Å². The van der Waals surface area contributed by atoms with E-state index in [1.165, 1.54) is 12.7 Å². The van der Waals surface area contributed by atoms with E-state index in [0.29, 0.717) is 11.4 Å². The van der Waals surface area contributed by atoms with Crippen LogP contribution in [0.4, 0.5) is 5.69 Å². The van der Waals surface area contributed by atoms with Crippen LogP contribution in [0.5, 0.6) is 5.75 Å². The van der Waals surface area contributed by atoms with Gasteiger partial charge in [-0.3, -0.25) is 4.72 Å². The summed E-state index contributed by atoms with van der Waals surface area (Å²) >= 11 is 0. The Kier molecular flexibility index (Phi) is 4.07. The summed E-state index contributed by atoms with van der Waals surface area (Å²) in [6, 6.07) is 12.5. The summed E-state index contributed by atoms with van der Waals surface area (Å²) in [5.41, 5.74) is 3.04. The van der Waals surface area contributed by atoms with Crippen molar-refractivity contribution in [3.63, 3.8) is 0 Å². The second kappa shape index (κ2) is 6.01. The molecule has 0 atom stereocenters. The maximum atomic E-state index is 12.7. The lowest BCUT2D eigenvalue weighted by Crippen LogP contribution is -2.16. The number of anilines is 1. The van der Waals surface area contributed by atoms with Crippen molar-refractivity contribution in [3.05, 3.63) is 53.6 Å². The molecule has 0 aromatic heterocycles. The second-order valence-corrected chi connectivity index (χ2v) is 7.06. The van der Waals surface area contributed by atoms with E-state index in [1.807, 2.05) is 12.1 Å². The average molecular weight is 317 g/mol. The fourth-order valence-corrected chi connectivity index (χ4v) is 4.18. The first-order chi connectivity index (χ1) is 10.6. The Morgan fingerprint density at radius 1 is 1.00 bits per heavy atom. The molecule has 0 aliphatic heterocycles. The molecule has 2 aromatic rings. The molecule has 1 aliphatic carbocycles. The van der Waals surface area contributed by atoms with Crippen LogP contribution in [0.15, 0.2) is 47.4 Å². The molecule has 0 bridgehead atoms. The van der Waals surface area contributed by atoms with Crippen molar-refractivity contribution < 1.29 is 13.2 Å². The van der Waals surface area contributed by atoms with Gasteiger partial charge in [-0.05, 0) is 55.0 Å². The van der Waals surface area contributed by atoms with E-state index < -0.39 is 10.0 Å². The summed E-state index contributed by atoms with van der Waals surface area (Å²) in [5, 5.41) is 0. The smallest absolute Gasteiger partial charge is 0.265 e.